The quantitative estimate of drug-likeness (QED) is 0.264. The molecule has 3 N–H and O–H groups in total. The molecule has 1 unspecified atom stereocenters. The summed E-state index contributed by atoms with van der Waals surface area (Å²) < 4.78 is 7.35. The molecular weight excluding hydrogens is 480 g/mol. The van der Waals surface area contributed by atoms with Crippen LogP contribution < -0.4 is 4.74 Å². The van der Waals surface area contributed by atoms with Crippen molar-refractivity contribution in [2.45, 2.75) is 52.7 Å². The largest absolute Gasteiger partial charge is 0.494 e. The third-order valence-electron chi connectivity index (χ3n) is 6.06. The van der Waals surface area contributed by atoms with E-state index in [1.807, 2.05) is 24.3 Å². The highest BCUT2D eigenvalue weighted by Gasteiger charge is 2.24. The van der Waals surface area contributed by atoms with Gasteiger partial charge in [-0.1, -0.05) is 56.6 Å². The van der Waals surface area contributed by atoms with Crippen LogP contribution in [0.25, 0.3) is 0 Å². The van der Waals surface area contributed by atoms with Gasteiger partial charge in [0, 0.05) is 36.3 Å². The zero-order valence-electron chi connectivity index (χ0n) is 21.0. The van der Waals surface area contributed by atoms with Gasteiger partial charge in [0.25, 0.3) is 0 Å². The van der Waals surface area contributed by atoms with Gasteiger partial charge in [-0.05, 0) is 47.2 Å². The van der Waals surface area contributed by atoms with Gasteiger partial charge in [-0.25, -0.2) is 0 Å². The molecule has 0 spiro atoms. The van der Waals surface area contributed by atoms with Crippen LogP contribution in [0.15, 0.2) is 54.6 Å². The molecule has 36 heavy (non-hydrogen) atoms. The molecule has 3 aromatic rings. The fourth-order valence-corrected chi connectivity index (χ4v) is 4.51. The molecule has 0 amide bonds. The van der Waals surface area contributed by atoms with Crippen molar-refractivity contribution in [2.24, 2.45) is 5.92 Å². The first-order valence-corrected chi connectivity index (χ1v) is 12.6. The Kier molecular flexibility index (Phi) is 9.67. The molecular formula is C28H35ClN2O5. The molecule has 0 radical (unpaired) electrons. The van der Waals surface area contributed by atoms with Crippen molar-refractivity contribution in [3.8, 4) is 17.5 Å². The number of aromatic hydroxyl groups is 2. The Labute approximate surface area is 217 Å². The third-order valence-corrected chi connectivity index (χ3v) is 6.31. The second-order valence-corrected chi connectivity index (χ2v) is 9.77. The second kappa shape index (κ2) is 12.7. The predicted octanol–water partition coefficient (Wildman–Crippen LogP) is 5.87. The van der Waals surface area contributed by atoms with Crippen LogP contribution in [0.4, 0.5) is 0 Å². The summed E-state index contributed by atoms with van der Waals surface area (Å²) in [4.78, 5) is 14.0. The number of aromatic nitrogens is 1. The minimum atomic E-state index is -0.846. The molecule has 1 heterocycles. The lowest BCUT2D eigenvalue weighted by Gasteiger charge is -2.33. The van der Waals surface area contributed by atoms with Crippen LogP contribution in [-0.2, 0) is 24.3 Å². The topological polar surface area (TPSA) is 95.2 Å². The Bertz CT molecular complexity index is 1120. The molecule has 3 rings (SSSR count). The minimum absolute atomic E-state index is 0.00470. The second-order valence-electron chi connectivity index (χ2n) is 9.33. The molecule has 0 aliphatic rings. The average molecular weight is 515 g/mol. The molecule has 0 aliphatic carbocycles. The van der Waals surface area contributed by atoms with E-state index in [-0.39, 0.29) is 24.2 Å². The van der Waals surface area contributed by atoms with E-state index >= 15 is 0 Å². The number of ether oxygens (including phenoxy) is 1. The molecule has 0 saturated heterocycles. The smallest absolute Gasteiger partial charge is 0.305 e. The molecule has 1 atom stereocenters. The van der Waals surface area contributed by atoms with E-state index in [1.54, 1.807) is 12.1 Å². The van der Waals surface area contributed by atoms with Gasteiger partial charge in [0.2, 0.25) is 0 Å². The lowest BCUT2D eigenvalue weighted by molar-refractivity contribution is -0.138. The molecule has 0 bridgehead atoms. The van der Waals surface area contributed by atoms with Crippen molar-refractivity contribution in [1.82, 2.24) is 9.47 Å². The summed E-state index contributed by atoms with van der Waals surface area (Å²) in [7, 11) is 0. The van der Waals surface area contributed by atoms with E-state index in [4.69, 9.17) is 16.3 Å². The Morgan fingerprint density at radius 1 is 1.06 bits per heavy atom. The van der Waals surface area contributed by atoms with Crippen LogP contribution in [0.2, 0.25) is 5.02 Å². The van der Waals surface area contributed by atoms with Crippen LogP contribution >= 0.6 is 11.6 Å². The Hall–Kier alpha value is -3.16. The number of benzene rings is 2. The van der Waals surface area contributed by atoms with Crippen LogP contribution in [-0.4, -0.2) is 43.9 Å². The highest BCUT2D eigenvalue weighted by molar-refractivity contribution is 6.30. The summed E-state index contributed by atoms with van der Waals surface area (Å²) >= 11 is 6.08. The number of carboxylic acids is 1. The SMILES string of the molecule is CCc1cc(CN(CC(C)C)C(CC(=O)O)c2ccc(Cl)cc2)ccc1OCCn1c(O)ccc1O. The Morgan fingerprint density at radius 2 is 1.72 bits per heavy atom. The van der Waals surface area contributed by atoms with Gasteiger partial charge >= 0.3 is 5.97 Å². The van der Waals surface area contributed by atoms with Crippen LogP contribution in [0.5, 0.6) is 17.5 Å². The summed E-state index contributed by atoms with van der Waals surface area (Å²) in [6.07, 6.45) is 0.762. The highest BCUT2D eigenvalue weighted by atomic mass is 35.5. The first kappa shape index (κ1) is 27.4. The number of carbonyl (C=O) groups is 1. The monoisotopic (exact) mass is 514 g/mol. The third kappa shape index (κ3) is 7.42. The molecule has 194 valence electrons. The van der Waals surface area contributed by atoms with Crippen molar-refractivity contribution in [2.75, 3.05) is 13.2 Å². The van der Waals surface area contributed by atoms with Crippen LogP contribution in [0, 0.1) is 5.92 Å². The molecule has 0 saturated carbocycles. The summed E-state index contributed by atoms with van der Waals surface area (Å²) in [5, 5.41) is 29.9. The Balaban J connectivity index is 1.79. The summed E-state index contributed by atoms with van der Waals surface area (Å²) in [6, 6.07) is 16.0. The van der Waals surface area contributed by atoms with Crippen molar-refractivity contribution in [3.63, 3.8) is 0 Å². The van der Waals surface area contributed by atoms with Gasteiger partial charge in [0.1, 0.15) is 12.4 Å². The number of nitrogens with zero attached hydrogens (tertiary/aromatic N) is 2. The first-order valence-electron chi connectivity index (χ1n) is 12.2. The lowest BCUT2D eigenvalue weighted by Crippen LogP contribution is -2.33. The fourth-order valence-electron chi connectivity index (χ4n) is 4.38. The maximum Gasteiger partial charge on any atom is 0.305 e. The molecule has 1 aromatic heterocycles. The number of rotatable bonds is 13. The number of halogens is 1. The standard InChI is InChI=1S/C28H35ClN2O5/c1-4-21-15-20(5-10-25(21)36-14-13-31-26(32)11-12-27(31)33)18-30(17-19(2)3)24(16-28(34)35)22-6-8-23(29)9-7-22/h5-12,15,19,24,32-33H,4,13-14,16-18H2,1-3H3,(H,34,35). The maximum absolute atomic E-state index is 11.8. The van der Waals surface area contributed by atoms with E-state index in [1.165, 1.54) is 16.7 Å². The zero-order valence-corrected chi connectivity index (χ0v) is 21.8. The van der Waals surface area contributed by atoms with E-state index in [0.29, 0.717) is 30.6 Å². The molecule has 7 nitrogen and oxygen atoms in total. The summed E-state index contributed by atoms with van der Waals surface area (Å²) in [5.74, 6) is 0.237. The molecule has 8 heteroatoms. The molecule has 0 aliphatic heterocycles. The van der Waals surface area contributed by atoms with Gasteiger partial charge in [0.15, 0.2) is 11.8 Å². The lowest BCUT2D eigenvalue weighted by atomic mass is 9.99. The van der Waals surface area contributed by atoms with E-state index in [9.17, 15) is 20.1 Å². The van der Waals surface area contributed by atoms with Gasteiger partial charge < -0.3 is 20.1 Å². The predicted molar refractivity (Wildman–Crippen MR) is 141 cm³/mol. The molecule has 0 fully saturated rings. The first-order chi connectivity index (χ1) is 17.2. The maximum atomic E-state index is 11.8. The Morgan fingerprint density at radius 3 is 2.31 bits per heavy atom. The van der Waals surface area contributed by atoms with Gasteiger partial charge in [-0.15, -0.1) is 0 Å². The van der Waals surface area contributed by atoms with E-state index < -0.39 is 5.97 Å². The van der Waals surface area contributed by atoms with Gasteiger partial charge in [0.05, 0.1) is 13.0 Å². The van der Waals surface area contributed by atoms with Gasteiger partial charge in [-0.2, -0.15) is 0 Å². The van der Waals surface area contributed by atoms with Crippen LogP contribution in [0.3, 0.4) is 0 Å². The van der Waals surface area contributed by atoms with Crippen molar-refractivity contribution in [3.05, 3.63) is 76.3 Å². The summed E-state index contributed by atoms with van der Waals surface area (Å²) in [5.41, 5.74) is 3.04. The number of aliphatic carboxylic acids is 1. The van der Waals surface area contributed by atoms with Crippen molar-refractivity contribution in [1.29, 1.82) is 0 Å². The number of aryl methyl sites for hydroxylation is 1. The zero-order chi connectivity index (χ0) is 26.2. The number of hydrogen-bond acceptors (Lipinski definition) is 5. The molecule has 2 aromatic carbocycles. The van der Waals surface area contributed by atoms with Crippen molar-refractivity contribution >= 4 is 17.6 Å². The number of carboxylic acid groups (broad SMARTS) is 1. The average Bonchev–Trinajstić information content (AvgIpc) is 3.15. The van der Waals surface area contributed by atoms with Crippen molar-refractivity contribution < 1.29 is 24.9 Å². The van der Waals surface area contributed by atoms with Gasteiger partial charge in [-0.3, -0.25) is 14.3 Å². The van der Waals surface area contributed by atoms with E-state index in [2.05, 4.69) is 31.7 Å². The number of hydrogen-bond donors (Lipinski definition) is 3. The van der Waals surface area contributed by atoms with E-state index in [0.717, 1.165) is 35.4 Å². The normalized spacial score (nSPS) is 12.3. The fraction of sp³-hybridized carbons (Fsp3) is 0.393. The minimum Gasteiger partial charge on any atom is -0.494 e. The summed E-state index contributed by atoms with van der Waals surface area (Å²) in [6.45, 7) is 8.25. The van der Waals surface area contributed by atoms with Crippen LogP contribution in [0.1, 0.15) is 49.9 Å². The highest BCUT2D eigenvalue weighted by Crippen LogP contribution is 2.30.